The number of rotatable bonds is 6. The van der Waals surface area contributed by atoms with Crippen LogP contribution in [-0.2, 0) is 4.79 Å². The Morgan fingerprint density at radius 2 is 1.88 bits per heavy atom. The Bertz CT molecular complexity index is 236. The predicted molar refractivity (Wildman–Crippen MR) is 71.7 cm³/mol. The molecule has 1 fully saturated rings. The van der Waals surface area contributed by atoms with Gasteiger partial charge in [0, 0.05) is 12.6 Å². The highest BCUT2D eigenvalue weighted by molar-refractivity contribution is 9.10. The fourth-order valence-electron chi connectivity index (χ4n) is 1.70. The average Bonchev–Trinajstić information content (AvgIpc) is 3.00. The molecule has 94 valence electrons. The van der Waals surface area contributed by atoms with Crippen LogP contribution in [0.4, 0.5) is 0 Å². The van der Waals surface area contributed by atoms with Crippen LogP contribution in [-0.4, -0.2) is 28.2 Å². The lowest BCUT2D eigenvalue weighted by Gasteiger charge is -2.27. The molecule has 0 aliphatic heterocycles. The van der Waals surface area contributed by atoms with Gasteiger partial charge in [-0.25, -0.2) is 0 Å². The molecule has 1 saturated carbocycles. The van der Waals surface area contributed by atoms with Gasteiger partial charge < -0.3 is 4.90 Å². The van der Waals surface area contributed by atoms with Crippen LogP contribution < -0.4 is 0 Å². The molecule has 1 amide bonds. The van der Waals surface area contributed by atoms with Crippen LogP contribution in [0.3, 0.4) is 0 Å². The van der Waals surface area contributed by atoms with Gasteiger partial charge in [-0.3, -0.25) is 4.79 Å². The minimum Gasteiger partial charge on any atom is -0.339 e. The van der Waals surface area contributed by atoms with Crippen molar-refractivity contribution in [2.45, 2.75) is 57.8 Å². The van der Waals surface area contributed by atoms with Crippen molar-refractivity contribution in [3.63, 3.8) is 0 Å². The van der Waals surface area contributed by atoms with Gasteiger partial charge in [-0.1, -0.05) is 43.6 Å². The third kappa shape index (κ3) is 4.08. The first kappa shape index (κ1) is 14.0. The first-order chi connectivity index (χ1) is 7.43. The van der Waals surface area contributed by atoms with Gasteiger partial charge in [0.25, 0.3) is 0 Å². The van der Waals surface area contributed by atoms with Crippen molar-refractivity contribution in [3.05, 3.63) is 0 Å². The molecule has 1 rings (SSSR count). The summed E-state index contributed by atoms with van der Waals surface area (Å²) in [7, 11) is 0. The third-order valence-corrected chi connectivity index (χ3v) is 4.49. The summed E-state index contributed by atoms with van der Waals surface area (Å²) < 4.78 is 0. The van der Waals surface area contributed by atoms with Crippen molar-refractivity contribution in [3.8, 4) is 0 Å². The van der Waals surface area contributed by atoms with Crippen LogP contribution >= 0.6 is 15.9 Å². The molecule has 1 aliphatic rings. The van der Waals surface area contributed by atoms with E-state index in [-0.39, 0.29) is 10.7 Å². The Hall–Kier alpha value is -0.0500. The molecule has 0 saturated heterocycles. The second kappa shape index (κ2) is 6.04. The van der Waals surface area contributed by atoms with Crippen molar-refractivity contribution in [2.75, 3.05) is 6.54 Å². The van der Waals surface area contributed by atoms with E-state index in [2.05, 4.69) is 48.5 Å². The average molecular weight is 290 g/mol. The Balaban J connectivity index is 2.52. The van der Waals surface area contributed by atoms with Gasteiger partial charge >= 0.3 is 0 Å². The molecule has 1 aliphatic carbocycles. The van der Waals surface area contributed by atoms with Gasteiger partial charge in [0.15, 0.2) is 0 Å². The Labute approximate surface area is 108 Å². The highest BCUT2D eigenvalue weighted by Crippen LogP contribution is 2.30. The molecule has 0 aromatic heterocycles. The first-order valence-electron chi connectivity index (χ1n) is 6.38. The summed E-state index contributed by atoms with van der Waals surface area (Å²) in [5, 5.41) is 0. The zero-order valence-electron chi connectivity index (χ0n) is 10.9. The molecule has 0 bridgehead atoms. The third-order valence-electron chi connectivity index (χ3n) is 3.04. The van der Waals surface area contributed by atoms with Crippen LogP contribution in [0, 0.1) is 11.8 Å². The quantitative estimate of drug-likeness (QED) is 0.686. The van der Waals surface area contributed by atoms with Crippen molar-refractivity contribution >= 4 is 21.8 Å². The summed E-state index contributed by atoms with van der Waals surface area (Å²) in [5.74, 6) is 1.33. The topological polar surface area (TPSA) is 20.3 Å². The molecule has 1 atom stereocenters. The second-order valence-electron chi connectivity index (χ2n) is 5.59. The first-order valence-corrected chi connectivity index (χ1v) is 7.29. The van der Waals surface area contributed by atoms with Gasteiger partial charge in [-0.05, 0) is 31.1 Å². The van der Waals surface area contributed by atoms with E-state index in [9.17, 15) is 4.79 Å². The van der Waals surface area contributed by atoms with Crippen LogP contribution in [0.2, 0.25) is 0 Å². The van der Waals surface area contributed by atoms with Crippen LogP contribution in [0.1, 0.15) is 47.0 Å². The number of amides is 1. The van der Waals surface area contributed by atoms with E-state index in [4.69, 9.17) is 0 Å². The number of alkyl halides is 1. The predicted octanol–water partition coefficient (Wildman–Crippen LogP) is 3.44. The van der Waals surface area contributed by atoms with Crippen LogP contribution in [0.25, 0.3) is 0 Å². The van der Waals surface area contributed by atoms with E-state index in [0.717, 1.165) is 13.0 Å². The number of halogens is 1. The molecule has 0 radical (unpaired) electrons. The Morgan fingerprint density at radius 1 is 1.31 bits per heavy atom. The van der Waals surface area contributed by atoms with Crippen LogP contribution in [0.15, 0.2) is 0 Å². The van der Waals surface area contributed by atoms with Crippen molar-refractivity contribution in [1.82, 2.24) is 4.90 Å². The summed E-state index contributed by atoms with van der Waals surface area (Å²) in [6.45, 7) is 9.53. The number of carbonyl (C=O) groups excluding carboxylic acids is 1. The Morgan fingerprint density at radius 3 is 2.25 bits per heavy atom. The molecule has 2 nitrogen and oxygen atoms in total. The van der Waals surface area contributed by atoms with E-state index in [1.807, 2.05) is 0 Å². The lowest BCUT2D eigenvalue weighted by atomic mass is 10.1. The molecule has 0 heterocycles. The Kier molecular flexibility index (Phi) is 5.29. The molecule has 16 heavy (non-hydrogen) atoms. The maximum Gasteiger partial charge on any atom is 0.236 e. The zero-order chi connectivity index (χ0) is 12.3. The number of nitrogens with zero attached hydrogens (tertiary/aromatic N) is 1. The van der Waals surface area contributed by atoms with E-state index in [1.165, 1.54) is 12.8 Å². The van der Waals surface area contributed by atoms with Gasteiger partial charge in [0.05, 0.1) is 4.83 Å². The molecule has 0 aromatic rings. The standard InChI is InChI=1S/C13H24BrNO/c1-9(2)7-8-15(11-5-6-11)13(16)12(14)10(3)4/h9-12H,5-8H2,1-4H3. The van der Waals surface area contributed by atoms with Crippen molar-refractivity contribution < 1.29 is 4.79 Å². The van der Waals surface area contributed by atoms with Gasteiger partial charge in [-0.2, -0.15) is 0 Å². The molecular weight excluding hydrogens is 266 g/mol. The second-order valence-corrected chi connectivity index (χ2v) is 6.58. The normalized spacial score (nSPS) is 17.9. The molecule has 0 aromatic carbocycles. The number of carbonyl (C=O) groups is 1. The molecule has 0 N–H and O–H groups in total. The highest BCUT2D eigenvalue weighted by Gasteiger charge is 2.35. The van der Waals surface area contributed by atoms with Gasteiger partial charge in [0.2, 0.25) is 5.91 Å². The molecule has 1 unspecified atom stereocenters. The monoisotopic (exact) mass is 289 g/mol. The minimum atomic E-state index is -0.0136. The van der Waals surface area contributed by atoms with Gasteiger partial charge in [-0.15, -0.1) is 0 Å². The smallest absolute Gasteiger partial charge is 0.236 e. The van der Waals surface area contributed by atoms with E-state index in [1.54, 1.807) is 0 Å². The highest BCUT2D eigenvalue weighted by atomic mass is 79.9. The number of hydrogen-bond acceptors (Lipinski definition) is 1. The largest absolute Gasteiger partial charge is 0.339 e. The maximum atomic E-state index is 12.3. The molecule has 0 spiro atoms. The zero-order valence-corrected chi connectivity index (χ0v) is 12.5. The van der Waals surface area contributed by atoms with Gasteiger partial charge in [0.1, 0.15) is 0 Å². The van der Waals surface area contributed by atoms with Crippen molar-refractivity contribution in [2.24, 2.45) is 11.8 Å². The summed E-state index contributed by atoms with van der Waals surface area (Å²) in [4.78, 5) is 14.3. The summed E-state index contributed by atoms with van der Waals surface area (Å²) in [6, 6.07) is 0.532. The van der Waals surface area contributed by atoms with Crippen LogP contribution in [0.5, 0.6) is 0 Å². The van der Waals surface area contributed by atoms with E-state index < -0.39 is 0 Å². The summed E-state index contributed by atoms with van der Waals surface area (Å²) in [5.41, 5.74) is 0. The lowest BCUT2D eigenvalue weighted by Crippen LogP contribution is -2.41. The fraction of sp³-hybridized carbons (Fsp3) is 0.923. The lowest BCUT2D eigenvalue weighted by molar-refractivity contribution is -0.131. The minimum absolute atomic E-state index is 0.0136. The molecular formula is C13H24BrNO. The molecule has 3 heteroatoms. The van der Waals surface area contributed by atoms with E-state index >= 15 is 0 Å². The summed E-state index contributed by atoms with van der Waals surface area (Å²) >= 11 is 3.52. The fourth-order valence-corrected chi connectivity index (χ4v) is 1.96. The summed E-state index contributed by atoms with van der Waals surface area (Å²) in [6.07, 6.45) is 3.50. The van der Waals surface area contributed by atoms with E-state index in [0.29, 0.717) is 17.9 Å². The maximum absolute atomic E-state index is 12.3. The SMILES string of the molecule is CC(C)CCN(C(=O)C(Br)C(C)C)C1CC1. The number of hydrogen-bond donors (Lipinski definition) is 0. The van der Waals surface area contributed by atoms with Crippen molar-refractivity contribution in [1.29, 1.82) is 0 Å².